The predicted molar refractivity (Wildman–Crippen MR) is 87.0 cm³/mol. The van der Waals surface area contributed by atoms with E-state index in [9.17, 15) is 9.59 Å². The number of rotatable bonds is 4. The fourth-order valence-corrected chi connectivity index (χ4v) is 3.25. The maximum atomic E-state index is 12.3. The van der Waals surface area contributed by atoms with E-state index in [1.807, 2.05) is 30.0 Å². The maximum Gasteiger partial charge on any atom is 0.317 e. The van der Waals surface area contributed by atoms with Crippen LogP contribution < -0.4 is 5.32 Å². The highest BCUT2D eigenvalue weighted by molar-refractivity contribution is 5.76. The number of hydrogen-bond acceptors (Lipinski definition) is 3. The first-order chi connectivity index (χ1) is 11.2. The zero-order valence-corrected chi connectivity index (χ0v) is 13.5. The van der Waals surface area contributed by atoms with E-state index in [2.05, 4.69) is 17.4 Å². The predicted octanol–water partition coefficient (Wildman–Crippen LogP) is 2.53. The molecule has 1 aliphatic carbocycles. The summed E-state index contributed by atoms with van der Waals surface area (Å²) >= 11 is 0. The molecule has 2 fully saturated rings. The topological polar surface area (TPSA) is 58.6 Å². The molecule has 1 N–H and O–H groups in total. The van der Waals surface area contributed by atoms with Crippen molar-refractivity contribution in [2.75, 3.05) is 19.7 Å². The number of piperidine rings is 1. The molecule has 1 aromatic carbocycles. The quantitative estimate of drug-likeness (QED) is 0.868. The second-order valence-electron chi connectivity index (χ2n) is 6.32. The van der Waals surface area contributed by atoms with Crippen molar-refractivity contribution < 1.29 is 14.3 Å². The summed E-state index contributed by atoms with van der Waals surface area (Å²) in [5.41, 5.74) is 1.29. The zero-order valence-electron chi connectivity index (χ0n) is 13.5. The second-order valence-corrected chi connectivity index (χ2v) is 6.32. The van der Waals surface area contributed by atoms with Crippen LogP contribution in [0.2, 0.25) is 0 Å². The highest BCUT2D eigenvalue weighted by Crippen LogP contribution is 2.40. The minimum atomic E-state index is -0.126. The lowest BCUT2D eigenvalue weighted by Gasteiger charge is -2.31. The number of hydrogen-bond donors (Lipinski definition) is 1. The lowest BCUT2D eigenvalue weighted by atomic mass is 9.97. The molecule has 5 nitrogen and oxygen atoms in total. The molecule has 2 unspecified atom stereocenters. The average Bonchev–Trinajstić information content (AvgIpc) is 3.35. The number of likely N-dealkylation sites (tertiary alicyclic amines) is 1. The van der Waals surface area contributed by atoms with Crippen LogP contribution in [-0.4, -0.2) is 42.6 Å². The summed E-state index contributed by atoms with van der Waals surface area (Å²) in [5.74, 6) is 0.258. The molecule has 2 amide bonds. The lowest BCUT2D eigenvalue weighted by molar-refractivity contribution is -0.149. The number of benzene rings is 1. The lowest BCUT2D eigenvalue weighted by Crippen LogP contribution is -2.46. The van der Waals surface area contributed by atoms with Crippen molar-refractivity contribution in [3.05, 3.63) is 35.9 Å². The van der Waals surface area contributed by atoms with Crippen LogP contribution in [0.25, 0.3) is 0 Å². The van der Waals surface area contributed by atoms with Gasteiger partial charge in [-0.2, -0.15) is 0 Å². The van der Waals surface area contributed by atoms with Crippen LogP contribution in [0.3, 0.4) is 0 Å². The summed E-state index contributed by atoms with van der Waals surface area (Å²) in [6.07, 6.45) is 2.40. The van der Waals surface area contributed by atoms with Crippen LogP contribution >= 0.6 is 0 Å². The van der Waals surface area contributed by atoms with Gasteiger partial charge in [0, 0.05) is 25.0 Å². The van der Waals surface area contributed by atoms with Crippen molar-refractivity contribution in [1.82, 2.24) is 10.2 Å². The summed E-state index contributed by atoms with van der Waals surface area (Å²) in [4.78, 5) is 25.9. The zero-order chi connectivity index (χ0) is 16.2. The normalized spacial score (nSPS) is 24.1. The van der Waals surface area contributed by atoms with Crippen LogP contribution in [0.1, 0.15) is 37.7 Å². The van der Waals surface area contributed by atoms with E-state index in [1.54, 1.807) is 0 Å². The summed E-state index contributed by atoms with van der Waals surface area (Å²) in [5, 5.41) is 3.11. The van der Waals surface area contributed by atoms with Gasteiger partial charge in [-0.3, -0.25) is 4.79 Å². The Balaban J connectivity index is 1.43. The standard InChI is InChI=1S/C18H24N2O3/c1-2-23-17(21)14-8-10-20(11-9-14)18(22)19-16-12-15(16)13-6-4-3-5-7-13/h3-7,14-16H,2,8-12H2,1H3,(H,19,22). The molecule has 0 aromatic heterocycles. The van der Waals surface area contributed by atoms with E-state index < -0.39 is 0 Å². The minimum Gasteiger partial charge on any atom is -0.466 e. The van der Waals surface area contributed by atoms with Gasteiger partial charge in [-0.25, -0.2) is 4.79 Å². The number of esters is 1. The Labute approximate surface area is 137 Å². The number of urea groups is 1. The highest BCUT2D eigenvalue weighted by Gasteiger charge is 2.40. The average molecular weight is 316 g/mol. The van der Waals surface area contributed by atoms with Crippen LogP contribution in [0.4, 0.5) is 4.79 Å². The Morgan fingerprint density at radius 3 is 2.57 bits per heavy atom. The van der Waals surface area contributed by atoms with E-state index in [0.717, 1.165) is 6.42 Å². The van der Waals surface area contributed by atoms with Crippen LogP contribution in [0.15, 0.2) is 30.3 Å². The Morgan fingerprint density at radius 1 is 1.22 bits per heavy atom. The largest absolute Gasteiger partial charge is 0.466 e. The van der Waals surface area contributed by atoms with Gasteiger partial charge in [0.2, 0.25) is 0 Å². The molecule has 1 heterocycles. The number of carbonyl (C=O) groups excluding carboxylic acids is 2. The molecule has 0 radical (unpaired) electrons. The third-order valence-corrected chi connectivity index (χ3v) is 4.73. The second kappa shape index (κ2) is 7.02. The Morgan fingerprint density at radius 2 is 1.91 bits per heavy atom. The van der Waals surface area contributed by atoms with E-state index >= 15 is 0 Å². The van der Waals surface area contributed by atoms with E-state index in [4.69, 9.17) is 4.74 Å². The monoisotopic (exact) mass is 316 g/mol. The van der Waals surface area contributed by atoms with Gasteiger partial charge >= 0.3 is 12.0 Å². The van der Waals surface area contributed by atoms with Crippen molar-refractivity contribution >= 4 is 12.0 Å². The summed E-state index contributed by atoms with van der Waals surface area (Å²) < 4.78 is 5.06. The van der Waals surface area contributed by atoms with Gasteiger partial charge in [-0.15, -0.1) is 0 Å². The minimum absolute atomic E-state index is 0.00394. The van der Waals surface area contributed by atoms with Crippen LogP contribution in [0, 0.1) is 5.92 Å². The maximum absolute atomic E-state index is 12.3. The van der Waals surface area contributed by atoms with Crippen molar-refractivity contribution in [1.29, 1.82) is 0 Å². The van der Waals surface area contributed by atoms with E-state index in [0.29, 0.717) is 38.5 Å². The fourth-order valence-electron chi connectivity index (χ4n) is 3.25. The van der Waals surface area contributed by atoms with Gasteiger partial charge in [0.1, 0.15) is 0 Å². The molecule has 0 bridgehead atoms. The van der Waals surface area contributed by atoms with Gasteiger partial charge < -0.3 is 15.0 Å². The van der Waals surface area contributed by atoms with Gasteiger partial charge in [-0.05, 0) is 31.7 Å². The Bertz CT molecular complexity index is 553. The molecule has 0 spiro atoms. The number of amides is 2. The van der Waals surface area contributed by atoms with Gasteiger partial charge in [-0.1, -0.05) is 30.3 Å². The molecule has 3 rings (SSSR count). The molecule has 1 aliphatic heterocycles. The Kier molecular flexibility index (Phi) is 4.84. The molecule has 5 heteroatoms. The number of nitrogens with one attached hydrogen (secondary N) is 1. The first-order valence-electron chi connectivity index (χ1n) is 8.46. The first kappa shape index (κ1) is 15.8. The van der Waals surface area contributed by atoms with Crippen molar-refractivity contribution in [2.24, 2.45) is 5.92 Å². The molecule has 23 heavy (non-hydrogen) atoms. The fraction of sp³-hybridized carbons (Fsp3) is 0.556. The van der Waals surface area contributed by atoms with E-state index in [-0.39, 0.29) is 24.0 Å². The SMILES string of the molecule is CCOC(=O)C1CCN(C(=O)NC2CC2c2ccccc2)CC1. The van der Waals surface area contributed by atoms with E-state index in [1.165, 1.54) is 5.56 Å². The molecular formula is C18H24N2O3. The molecule has 2 atom stereocenters. The summed E-state index contributed by atoms with van der Waals surface area (Å²) in [7, 11) is 0. The smallest absolute Gasteiger partial charge is 0.317 e. The summed E-state index contributed by atoms with van der Waals surface area (Å²) in [6.45, 7) is 3.48. The molecular weight excluding hydrogens is 292 g/mol. The molecule has 1 aromatic rings. The molecule has 1 saturated carbocycles. The van der Waals surface area contributed by atoms with Crippen LogP contribution in [-0.2, 0) is 9.53 Å². The third kappa shape index (κ3) is 3.84. The molecule has 2 aliphatic rings. The Hall–Kier alpha value is -2.04. The van der Waals surface area contributed by atoms with Crippen molar-refractivity contribution in [3.8, 4) is 0 Å². The highest BCUT2D eigenvalue weighted by atomic mass is 16.5. The molecule has 124 valence electrons. The van der Waals surface area contributed by atoms with Crippen LogP contribution in [0.5, 0.6) is 0 Å². The van der Waals surface area contributed by atoms with Gasteiger partial charge in [0.05, 0.1) is 12.5 Å². The van der Waals surface area contributed by atoms with Crippen molar-refractivity contribution in [2.45, 2.75) is 38.1 Å². The number of nitrogens with zero attached hydrogens (tertiary/aromatic N) is 1. The van der Waals surface area contributed by atoms with Gasteiger partial charge in [0.15, 0.2) is 0 Å². The number of ether oxygens (including phenoxy) is 1. The number of carbonyl (C=O) groups is 2. The summed E-state index contributed by atoms with van der Waals surface area (Å²) in [6, 6.07) is 10.5. The van der Waals surface area contributed by atoms with Crippen molar-refractivity contribution in [3.63, 3.8) is 0 Å². The third-order valence-electron chi connectivity index (χ3n) is 4.73. The molecule has 1 saturated heterocycles. The first-order valence-corrected chi connectivity index (χ1v) is 8.46. The van der Waals surface area contributed by atoms with Gasteiger partial charge in [0.25, 0.3) is 0 Å².